The highest BCUT2D eigenvalue weighted by Gasteiger charge is 2.20. The lowest BCUT2D eigenvalue weighted by atomic mass is 10.0. The number of hydrogen-bond donors (Lipinski definition) is 2. The summed E-state index contributed by atoms with van der Waals surface area (Å²) in [4.78, 5) is 6.85. The molecule has 0 atom stereocenters. The molecule has 1 aromatic rings. The molecule has 6 nitrogen and oxygen atoms in total. The quantitative estimate of drug-likeness (QED) is 0.398. The Bertz CT molecular complexity index is 562. The van der Waals surface area contributed by atoms with Crippen LogP contribution in [0.15, 0.2) is 23.2 Å². The van der Waals surface area contributed by atoms with Gasteiger partial charge in [0.2, 0.25) is 6.79 Å². The van der Waals surface area contributed by atoms with Gasteiger partial charge in [0.05, 0.1) is 6.54 Å². The van der Waals surface area contributed by atoms with Crippen LogP contribution >= 0.6 is 24.0 Å². The molecule has 0 aliphatic carbocycles. The first kappa shape index (κ1) is 20.8. The van der Waals surface area contributed by atoms with Gasteiger partial charge in [-0.05, 0) is 52.6 Å². The van der Waals surface area contributed by atoms with Crippen molar-refractivity contribution in [2.24, 2.45) is 4.99 Å². The first-order valence-corrected chi connectivity index (χ1v) is 8.00. The van der Waals surface area contributed by atoms with Crippen molar-refractivity contribution in [1.29, 1.82) is 0 Å². The number of benzene rings is 1. The molecular formula is C17H29IN4O2. The van der Waals surface area contributed by atoms with E-state index in [-0.39, 0.29) is 29.5 Å². The highest BCUT2D eigenvalue weighted by atomic mass is 127. The van der Waals surface area contributed by atoms with Crippen LogP contribution in [-0.4, -0.2) is 50.4 Å². The van der Waals surface area contributed by atoms with E-state index in [0.717, 1.165) is 36.1 Å². The van der Waals surface area contributed by atoms with Crippen LogP contribution in [0.1, 0.15) is 26.3 Å². The second kappa shape index (κ2) is 9.31. The van der Waals surface area contributed by atoms with Gasteiger partial charge in [-0.1, -0.05) is 6.07 Å². The summed E-state index contributed by atoms with van der Waals surface area (Å²) in [6.07, 6.45) is 0. The summed E-state index contributed by atoms with van der Waals surface area (Å²) < 4.78 is 10.7. The zero-order valence-corrected chi connectivity index (χ0v) is 17.5. The van der Waals surface area contributed by atoms with Gasteiger partial charge >= 0.3 is 0 Å². The summed E-state index contributed by atoms with van der Waals surface area (Å²) in [6.45, 7) is 8.99. The third-order valence-electron chi connectivity index (χ3n) is 4.10. The number of fused-ring (bicyclic) bond motifs is 1. The van der Waals surface area contributed by atoms with Crippen LogP contribution in [-0.2, 0) is 6.54 Å². The van der Waals surface area contributed by atoms with Gasteiger partial charge in [0.1, 0.15) is 0 Å². The van der Waals surface area contributed by atoms with Crippen molar-refractivity contribution in [3.05, 3.63) is 23.8 Å². The lowest BCUT2D eigenvalue weighted by Crippen LogP contribution is -2.50. The largest absolute Gasteiger partial charge is 0.454 e. The molecule has 1 heterocycles. The maximum absolute atomic E-state index is 5.40. The average molecular weight is 448 g/mol. The van der Waals surface area contributed by atoms with Gasteiger partial charge in [-0.3, -0.25) is 0 Å². The zero-order valence-electron chi connectivity index (χ0n) is 15.2. The Labute approximate surface area is 162 Å². The minimum absolute atomic E-state index is 0. The van der Waals surface area contributed by atoms with Crippen molar-refractivity contribution in [3.8, 4) is 11.5 Å². The molecule has 0 aromatic heterocycles. The van der Waals surface area contributed by atoms with Crippen molar-refractivity contribution in [3.63, 3.8) is 0 Å². The number of likely N-dealkylation sites (N-methyl/N-ethyl adjacent to an activating group) is 1. The van der Waals surface area contributed by atoms with Gasteiger partial charge in [0.15, 0.2) is 17.5 Å². The molecule has 0 amide bonds. The minimum Gasteiger partial charge on any atom is -0.454 e. The van der Waals surface area contributed by atoms with Crippen LogP contribution in [0, 0.1) is 0 Å². The Kier molecular flexibility index (Phi) is 8.08. The van der Waals surface area contributed by atoms with Crippen molar-refractivity contribution in [1.82, 2.24) is 15.5 Å². The number of aliphatic imine (C=N–C) groups is 1. The Morgan fingerprint density at radius 1 is 1.21 bits per heavy atom. The zero-order chi connectivity index (χ0) is 16.9. The molecule has 1 aliphatic rings. The number of rotatable bonds is 6. The average Bonchev–Trinajstić information content (AvgIpc) is 2.97. The number of halogens is 1. The van der Waals surface area contributed by atoms with Crippen molar-refractivity contribution in [2.45, 2.75) is 32.9 Å². The van der Waals surface area contributed by atoms with E-state index in [9.17, 15) is 0 Å². The first-order valence-electron chi connectivity index (χ1n) is 8.00. The summed E-state index contributed by atoms with van der Waals surface area (Å²) in [7, 11) is 4.16. The summed E-state index contributed by atoms with van der Waals surface area (Å²) in [5.74, 6) is 2.42. The minimum atomic E-state index is 0. The molecule has 0 fully saturated rings. The van der Waals surface area contributed by atoms with E-state index in [1.807, 2.05) is 18.2 Å². The van der Waals surface area contributed by atoms with Crippen molar-refractivity contribution in [2.75, 3.05) is 34.0 Å². The Balaban J connectivity index is 0.00000288. The van der Waals surface area contributed by atoms with Gasteiger partial charge in [-0.15, -0.1) is 24.0 Å². The van der Waals surface area contributed by atoms with E-state index in [0.29, 0.717) is 13.3 Å². The third kappa shape index (κ3) is 5.70. The Morgan fingerprint density at radius 2 is 1.92 bits per heavy atom. The number of nitrogens with one attached hydrogen (secondary N) is 2. The molecule has 0 saturated carbocycles. The molecule has 2 rings (SSSR count). The molecule has 0 saturated heterocycles. The van der Waals surface area contributed by atoms with Crippen molar-refractivity contribution >= 4 is 29.9 Å². The van der Waals surface area contributed by atoms with Crippen molar-refractivity contribution < 1.29 is 9.47 Å². The van der Waals surface area contributed by atoms with Gasteiger partial charge in [-0.2, -0.15) is 0 Å². The molecule has 1 aliphatic heterocycles. The maximum atomic E-state index is 5.40. The molecule has 7 heteroatoms. The van der Waals surface area contributed by atoms with Crippen LogP contribution in [0.2, 0.25) is 0 Å². The molecule has 0 unspecified atom stereocenters. The molecule has 24 heavy (non-hydrogen) atoms. The van der Waals surface area contributed by atoms with Gasteiger partial charge < -0.3 is 25.0 Å². The highest BCUT2D eigenvalue weighted by Crippen LogP contribution is 2.32. The van der Waals surface area contributed by atoms with Gasteiger partial charge in [-0.25, -0.2) is 4.99 Å². The monoisotopic (exact) mass is 448 g/mol. The fourth-order valence-corrected chi connectivity index (χ4v) is 2.01. The fraction of sp³-hybridized carbons (Fsp3) is 0.588. The van der Waals surface area contributed by atoms with E-state index in [4.69, 9.17) is 9.47 Å². The summed E-state index contributed by atoms with van der Waals surface area (Å²) >= 11 is 0. The molecule has 1 aromatic carbocycles. The molecule has 0 spiro atoms. The predicted molar refractivity (Wildman–Crippen MR) is 109 cm³/mol. The smallest absolute Gasteiger partial charge is 0.231 e. The molecule has 136 valence electrons. The molecule has 0 radical (unpaired) electrons. The van der Waals surface area contributed by atoms with Crippen LogP contribution in [0.5, 0.6) is 11.5 Å². The van der Waals surface area contributed by atoms with E-state index in [1.54, 1.807) is 0 Å². The van der Waals surface area contributed by atoms with Crippen LogP contribution in [0.4, 0.5) is 0 Å². The van der Waals surface area contributed by atoms with E-state index in [2.05, 4.69) is 55.4 Å². The second-order valence-corrected chi connectivity index (χ2v) is 6.44. The van der Waals surface area contributed by atoms with E-state index in [1.165, 1.54) is 0 Å². The number of nitrogens with zero attached hydrogens (tertiary/aromatic N) is 2. The predicted octanol–water partition coefficient (Wildman–Crippen LogP) is 2.43. The highest BCUT2D eigenvalue weighted by molar-refractivity contribution is 14.0. The van der Waals surface area contributed by atoms with Crippen LogP contribution in [0.3, 0.4) is 0 Å². The fourth-order valence-electron chi connectivity index (χ4n) is 2.01. The van der Waals surface area contributed by atoms with Gasteiger partial charge in [0.25, 0.3) is 0 Å². The second-order valence-electron chi connectivity index (χ2n) is 6.44. The SMILES string of the molecule is CCNC(=NCc1ccc2c(c1)OCO2)NCC(C)(C)N(C)C.I. The van der Waals surface area contributed by atoms with Crippen LogP contribution in [0.25, 0.3) is 0 Å². The number of guanidine groups is 1. The normalized spacial score (nSPS) is 13.7. The lowest BCUT2D eigenvalue weighted by molar-refractivity contribution is 0.174. The number of ether oxygens (including phenoxy) is 2. The van der Waals surface area contributed by atoms with Crippen LogP contribution < -0.4 is 20.1 Å². The molecule has 2 N–H and O–H groups in total. The first-order chi connectivity index (χ1) is 10.9. The summed E-state index contributed by atoms with van der Waals surface area (Å²) in [6, 6.07) is 5.94. The summed E-state index contributed by atoms with van der Waals surface area (Å²) in [5, 5.41) is 6.69. The topological polar surface area (TPSA) is 58.1 Å². The van der Waals surface area contributed by atoms with E-state index >= 15 is 0 Å². The lowest BCUT2D eigenvalue weighted by Gasteiger charge is -2.33. The molecule has 0 bridgehead atoms. The number of hydrogen-bond acceptors (Lipinski definition) is 4. The van der Waals surface area contributed by atoms with E-state index < -0.39 is 0 Å². The standard InChI is InChI=1S/C17H28N4O2.HI/c1-6-18-16(20-11-17(2,3)21(4)5)19-10-13-7-8-14-15(9-13)23-12-22-14;/h7-9H,6,10-12H2,1-5H3,(H2,18,19,20);1H. The summed E-state index contributed by atoms with van der Waals surface area (Å²) in [5.41, 5.74) is 1.15. The maximum Gasteiger partial charge on any atom is 0.231 e. The Morgan fingerprint density at radius 3 is 2.58 bits per heavy atom. The molecular weight excluding hydrogens is 419 g/mol. The third-order valence-corrected chi connectivity index (χ3v) is 4.10. The van der Waals surface area contributed by atoms with Gasteiger partial charge in [0, 0.05) is 18.6 Å². The Hall–Kier alpha value is -1.22.